The van der Waals surface area contributed by atoms with E-state index in [-0.39, 0.29) is 49.6 Å². The number of carbonyl (C=O) groups excluding carboxylic acids is 4. The van der Waals surface area contributed by atoms with Crippen LogP contribution < -0.4 is 5.32 Å². The Kier molecular flexibility index (Phi) is 8.69. The average molecular weight is 504 g/mol. The molecule has 4 amide bonds. The first-order valence-electron chi connectivity index (χ1n) is 11.2. The fourth-order valence-corrected chi connectivity index (χ4v) is 4.32. The Morgan fingerprint density at radius 1 is 1.00 bits per heavy atom. The summed E-state index contributed by atoms with van der Waals surface area (Å²) in [5.41, 5.74) is 1.29. The van der Waals surface area contributed by atoms with Crippen molar-refractivity contribution in [2.24, 2.45) is 0 Å². The van der Waals surface area contributed by atoms with E-state index in [9.17, 15) is 19.2 Å². The maximum atomic E-state index is 13.2. The van der Waals surface area contributed by atoms with E-state index in [0.717, 1.165) is 11.3 Å². The molecule has 0 aromatic heterocycles. The first kappa shape index (κ1) is 25.7. The fourth-order valence-electron chi connectivity index (χ4n) is 3.81. The first-order valence-corrected chi connectivity index (χ1v) is 12.0. The minimum Gasteiger partial charge on any atom is -0.354 e. The van der Waals surface area contributed by atoms with Gasteiger partial charge < -0.3 is 10.2 Å². The van der Waals surface area contributed by atoms with Crippen molar-refractivity contribution in [2.75, 3.05) is 13.1 Å². The highest BCUT2D eigenvalue weighted by molar-refractivity contribution is 6.36. The molecular weight excluding hydrogens is 477 g/mol. The Morgan fingerprint density at radius 2 is 1.59 bits per heavy atom. The highest BCUT2D eigenvalue weighted by atomic mass is 35.5. The van der Waals surface area contributed by atoms with E-state index in [1.54, 1.807) is 49.4 Å². The lowest BCUT2D eigenvalue weighted by Gasteiger charge is -2.29. The number of nitrogens with zero attached hydrogens (tertiary/aromatic N) is 2. The fraction of sp³-hybridized carbons (Fsp3) is 0.360. The summed E-state index contributed by atoms with van der Waals surface area (Å²) in [6.45, 7) is 4.26. The van der Waals surface area contributed by atoms with E-state index >= 15 is 0 Å². The molecule has 1 atom stereocenters. The van der Waals surface area contributed by atoms with Crippen LogP contribution in [0, 0.1) is 0 Å². The lowest BCUT2D eigenvalue weighted by atomic mass is 10.1. The quantitative estimate of drug-likeness (QED) is 0.489. The van der Waals surface area contributed by atoms with Gasteiger partial charge in [0.25, 0.3) is 11.8 Å². The molecular formula is C25H27Cl2N3O4. The second-order valence-electron chi connectivity index (χ2n) is 8.10. The van der Waals surface area contributed by atoms with Crippen molar-refractivity contribution in [2.45, 2.75) is 45.7 Å². The summed E-state index contributed by atoms with van der Waals surface area (Å²) in [4.78, 5) is 53.6. The molecule has 1 heterocycles. The molecule has 180 valence electrons. The van der Waals surface area contributed by atoms with Crippen molar-refractivity contribution >= 4 is 46.8 Å². The molecule has 0 bridgehead atoms. The zero-order valence-corrected chi connectivity index (χ0v) is 20.7. The van der Waals surface area contributed by atoms with Gasteiger partial charge >= 0.3 is 0 Å². The largest absolute Gasteiger partial charge is 0.354 e. The van der Waals surface area contributed by atoms with Gasteiger partial charge in [-0.3, -0.25) is 24.1 Å². The minimum absolute atomic E-state index is 0.0425. The van der Waals surface area contributed by atoms with Crippen LogP contribution in [-0.4, -0.2) is 52.6 Å². The zero-order chi connectivity index (χ0) is 24.8. The number of nitrogens with one attached hydrogen (secondary N) is 1. The van der Waals surface area contributed by atoms with Crippen LogP contribution in [0.2, 0.25) is 10.0 Å². The highest BCUT2D eigenvalue weighted by Gasteiger charge is 2.35. The monoisotopic (exact) mass is 503 g/mol. The van der Waals surface area contributed by atoms with Gasteiger partial charge in [-0.2, -0.15) is 0 Å². The molecule has 0 radical (unpaired) electrons. The first-order chi connectivity index (χ1) is 16.3. The molecule has 0 saturated heterocycles. The maximum absolute atomic E-state index is 13.2. The maximum Gasteiger partial charge on any atom is 0.261 e. The van der Waals surface area contributed by atoms with Gasteiger partial charge in [-0.05, 0) is 44.0 Å². The number of carbonyl (C=O) groups is 4. The predicted molar refractivity (Wildman–Crippen MR) is 131 cm³/mol. The number of amides is 4. The molecule has 0 aliphatic carbocycles. The molecule has 34 heavy (non-hydrogen) atoms. The third kappa shape index (κ3) is 5.59. The number of halogens is 2. The molecule has 0 spiro atoms. The second kappa shape index (κ2) is 11.5. The van der Waals surface area contributed by atoms with Gasteiger partial charge in [0.1, 0.15) is 6.04 Å². The lowest BCUT2D eigenvalue weighted by Crippen LogP contribution is -2.48. The molecule has 9 heteroatoms. The van der Waals surface area contributed by atoms with Gasteiger partial charge in [0.15, 0.2) is 0 Å². The normalized spacial score (nSPS) is 13.6. The topological polar surface area (TPSA) is 86.8 Å². The molecule has 3 rings (SSSR count). The summed E-state index contributed by atoms with van der Waals surface area (Å²) < 4.78 is 0. The van der Waals surface area contributed by atoms with Gasteiger partial charge in [0.05, 0.1) is 11.1 Å². The summed E-state index contributed by atoms with van der Waals surface area (Å²) in [5, 5.41) is 3.61. The highest BCUT2D eigenvalue weighted by Crippen LogP contribution is 2.27. The zero-order valence-electron chi connectivity index (χ0n) is 19.1. The van der Waals surface area contributed by atoms with Gasteiger partial charge in [-0.25, -0.2) is 0 Å². The van der Waals surface area contributed by atoms with Gasteiger partial charge in [0.2, 0.25) is 11.8 Å². The van der Waals surface area contributed by atoms with Crippen LogP contribution in [-0.2, 0) is 16.1 Å². The van der Waals surface area contributed by atoms with Crippen LogP contribution in [0.3, 0.4) is 0 Å². The minimum atomic E-state index is -0.759. The van der Waals surface area contributed by atoms with Crippen molar-refractivity contribution in [3.63, 3.8) is 0 Å². The van der Waals surface area contributed by atoms with Crippen LogP contribution in [0.1, 0.15) is 59.4 Å². The standard InChI is InChI=1S/C25H27Cl2N3O4/c1-3-13-28-23(32)16(2)30(15-19-20(26)10-6-11-21(19)27)22(31)12-7-14-29-24(33)17-8-4-5-9-18(17)25(29)34/h4-6,8-11,16H,3,7,12-15H2,1-2H3,(H,28,32). The lowest BCUT2D eigenvalue weighted by molar-refractivity contribution is -0.140. The Labute approximate surface area is 209 Å². The van der Waals surface area contributed by atoms with E-state index in [4.69, 9.17) is 23.2 Å². The molecule has 1 unspecified atom stereocenters. The van der Waals surface area contributed by atoms with E-state index in [0.29, 0.717) is 33.3 Å². The summed E-state index contributed by atoms with van der Waals surface area (Å²) in [6, 6.07) is 11.0. The number of fused-ring (bicyclic) bond motifs is 1. The predicted octanol–water partition coefficient (Wildman–Crippen LogP) is 4.31. The van der Waals surface area contributed by atoms with Crippen molar-refractivity contribution in [3.05, 3.63) is 69.2 Å². The molecule has 7 nitrogen and oxygen atoms in total. The molecule has 2 aromatic carbocycles. The Bertz CT molecular complexity index is 1050. The van der Waals surface area contributed by atoms with E-state index in [1.165, 1.54) is 4.90 Å². The van der Waals surface area contributed by atoms with Gasteiger partial charge in [-0.1, -0.05) is 48.3 Å². The Balaban J connectivity index is 1.70. The second-order valence-corrected chi connectivity index (χ2v) is 8.91. The van der Waals surface area contributed by atoms with E-state index in [2.05, 4.69) is 5.32 Å². The van der Waals surface area contributed by atoms with E-state index < -0.39 is 6.04 Å². The van der Waals surface area contributed by atoms with E-state index in [1.807, 2.05) is 6.92 Å². The molecule has 0 saturated carbocycles. The SMILES string of the molecule is CCCNC(=O)C(C)N(Cc1c(Cl)cccc1Cl)C(=O)CCCN1C(=O)c2ccccc2C1=O. The van der Waals surface area contributed by atoms with Crippen LogP contribution in [0.5, 0.6) is 0 Å². The third-order valence-electron chi connectivity index (χ3n) is 5.76. The Hall–Kier alpha value is -2.90. The van der Waals surface area contributed by atoms with Crippen LogP contribution >= 0.6 is 23.2 Å². The molecule has 1 aliphatic rings. The van der Waals surface area contributed by atoms with Crippen LogP contribution in [0.25, 0.3) is 0 Å². The number of hydrogen-bond acceptors (Lipinski definition) is 4. The number of rotatable bonds is 10. The van der Waals surface area contributed by atoms with Crippen molar-refractivity contribution in [3.8, 4) is 0 Å². The molecule has 2 aromatic rings. The summed E-state index contributed by atoms with van der Waals surface area (Å²) in [7, 11) is 0. The average Bonchev–Trinajstić information content (AvgIpc) is 3.07. The summed E-state index contributed by atoms with van der Waals surface area (Å²) >= 11 is 12.6. The summed E-state index contributed by atoms with van der Waals surface area (Å²) in [6.07, 6.45) is 1.07. The number of hydrogen-bond donors (Lipinski definition) is 1. The van der Waals surface area contributed by atoms with Crippen LogP contribution in [0.15, 0.2) is 42.5 Å². The molecule has 1 N–H and O–H groups in total. The van der Waals surface area contributed by atoms with Crippen molar-refractivity contribution < 1.29 is 19.2 Å². The number of imide groups is 1. The Morgan fingerprint density at radius 3 is 2.15 bits per heavy atom. The molecule has 0 fully saturated rings. The van der Waals surface area contributed by atoms with Gasteiger partial charge in [-0.15, -0.1) is 0 Å². The molecule has 1 aliphatic heterocycles. The third-order valence-corrected chi connectivity index (χ3v) is 6.47. The number of benzene rings is 2. The smallest absolute Gasteiger partial charge is 0.261 e. The van der Waals surface area contributed by atoms with Crippen molar-refractivity contribution in [1.29, 1.82) is 0 Å². The van der Waals surface area contributed by atoms with Crippen LogP contribution in [0.4, 0.5) is 0 Å². The van der Waals surface area contributed by atoms with Gasteiger partial charge in [0, 0.05) is 41.7 Å². The summed E-state index contributed by atoms with van der Waals surface area (Å²) in [5.74, 6) is -1.30. The van der Waals surface area contributed by atoms with Crippen molar-refractivity contribution in [1.82, 2.24) is 15.1 Å².